The first-order chi connectivity index (χ1) is 6.50. The van der Waals surface area contributed by atoms with Crippen LogP contribution in [0, 0.1) is 6.92 Å². The third-order valence-electron chi connectivity index (χ3n) is 1.42. The Labute approximate surface area is 92.5 Å². The molecular formula is C8H10Cl2N4. The Kier molecular flexibility index (Phi) is 3.66. The molecule has 6 heteroatoms. The molecule has 0 N–H and O–H groups in total. The molecule has 0 aliphatic rings. The predicted octanol–water partition coefficient (Wildman–Crippen LogP) is 3.26. The number of hydrogen-bond donors (Lipinski definition) is 0. The highest BCUT2D eigenvalue weighted by molar-refractivity contribution is 6.34. The zero-order valence-corrected chi connectivity index (χ0v) is 9.63. The quantitative estimate of drug-likeness (QED) is 0.447. The van der Waals surface area contributed by atoms with Gasteiger partial charge in [-0.15, -0.1) is 5.11 Å². The number of pyridine rings is 1. The third kappa shape index (κ3) is 2.82. The van der Waals surface area contributed by atoms with Gasteiger partial charge in [0.1, 0.15) is 10.8 Å². The molecule has 0 aromatic carbocycles. The molecule has 0 spiro atoms. The number of aromatic nitrogens is 1. The van der Waals surface area contributed by atoms with Crippen LogP contribution in [0.2, 0.25) is 10.3 Å². The fourth-order valence-electron chi connectivity index (χ4n) is 0.764. The lowest BCUT2D eigenvalue weighted by Crippen LogP contribution is -1.99. The monoisotopic (exact) mass is 232 g/mol. The first-order valence-corrected chi connectivity index (χ1v) is 4.68. The van der Waals surface area contributed by atoms with Crippen molar-refractivity contribution in [3.63, 3.8) is 0 Å². The zero-order valence-electron chi connectivity index (χ0n) is 8.12. The summed E-state index contributed by atoms with van der Waals surface area (Å²) in [4.78, 5) is 3.91. The number of hydrogen-bond acceptors (Lipinski definition) is 3. The Morgan fingerprint density at radius 2 is 1.93 bits per heavy atom. The summed E-state index contributed by atoms with van der Waals surface area (Å²) in [6.45, 7) is 1.83. The molecule has 4 nitrogen and oxygen atoms in total. The van der Waals surface area contributed by atoms with Gasteiger partial charge in [0, 0.05) is 14.1 Å². The normalized spacial score (nSPS) is 10.9. The minimum absolute atomic E-state index is 0.256. The lowest BCUT2D eigenvalue weighted by molar-refractivity contribution is 0.408. The summed E-state index contributed by atoms with van der Waals surface area (Å²) < 4.78 is 0. The Morgan fingerprint density at radius 3 is 2.50 bits per heavy atom. The zero-order chi connectivity index (χ0) is 10.7. The van der Waals surface area contributed by atoms with Crippen molar-refractivity contribution in [2.24, 2.45) is 10.3 Å². The van der Waals surface area contributed by atoms with Crippen LogP contribution in [0.25, 0.3) is 0 Å². The highest BCUT2D eigenvalue weighted by Crippen LogP contribution is 2.27. The second-order valence-corrected chi connectivity index (χ2v) is 3.66. The molecule has 0 amide bonds. The molecule has 0 unspecified atom stereocenters. The summed E-state index contributed by atoms with van der Waals surface area (Å²) in [5.41, 5.74) is 1.34. The summed E-state index contributed by atoms with van der Waals surface area (Å²) in [5.74, 6) is 0. The summed E-state index contributed by atoms with van der Waals surface area (Å²) in [5, 5.41) is 9.94. The lowest BCUT2D eigenvalue weighted by atomic mass is 10.3. The van der Waals surface area contributed by atoms with E-state index >= 15 is 0 Å². The molecule has 76 valence electrons. The molecule has 1 aromatic heterocycles. The first kappa shape index (κ1) is 11.2. The van der Waals surface area contributed by atoms with Crippen LogP contribution in [0.1, 0.15) is 5.56 Å². The van der Waals surface area contributed by atoms with Gasteiger partial charge in [-0.05, 0) is 18.6 Å². The minimum atomic E-state index is 0.256. The molecule has 0 saturated heterocycles. The number of halogens is 2. The van der Waals surface area contributed by atoms with Gasteiger partial charge in [-0.1, -0.05) is 28.4 Å². The fraction of sp³-hybridized carbons (Fsp3) is 0.375. The average Bonchev–Trinajstić information content (AvgIpc) is 2.09. The van der Waals surface area contributed by atoms with Crippen molar-refractivity contribution in [1.29, 1.82) is 0 Å². The topological polar surface area (TPSA) is 40.9 Å². The van der Waals surface area contributed by atoms with Crippen LogP contribution in [-0.2, 0) is 0 Å². The molecule has 0 aliphatic carbocycles. The highest BCUT2D eigenvalue weighted by Gasteiger charge is 2.05. The van der Waals surface area contributed by atoms with E-state index in [1.807, 2.05) is 6.92 Å². The van der Waals surface area contributed by atoms with Crippen molar-refractivity contribution < 1.29 is 0 Å². The largest absolute Gasteiger partial charge is 0.285 e. The van der Waals surface area contributed by atoms with Gasteiger partial charge in [0.05, 0.1) is 0 Å². The van der Waals surface area contributed by atoms with Crippen LogP contribution in [0.3, 0.4) is 0 Å². The molecule has 0 radical (unpaired) electrons. The summed E-state index contributed by atoms with van der Waals surface area (Å²) in [6.07, 6.45) is 0. The molecular weight excluding hydrogens is 223 g/mol. The molecule has 1 aromatic rings. The molecule has 0 fully saturated rings. The standard InChI is InChI=1S/C8H10Cl2N4/c1-5-4-6(12-13-14(2)3)8(10)11-7(5)9/h4H,1-3H3. The van der Waals surface area contributed by atoms with Crippen molar-refractivity contribution in [2.75, 3.05) is 14.1 Å². The second kappa shape index (κ2) is 4.57. The van der Waals surface area contributed by atoms with E-state index in [1.165, 1.54) is 0 Å². The maximum atomic E-state index is 5.82. The van der Waals surface area contributed by atoms with Crippen LogP contribution >= 0.6 is 23.2 Å². The molecule has 0 atom stereocenters. The van der Waals surface area contributed by atoms with E-state index in [0.717, 1.165) is 5.56 Å². The van der Waals surface area contributed by atoms with E-state index in [9.17, 15) is 0 Å². The van der Waals surface area contributed by atoms with E-state index in [0.29, 0.717) is 10.8 Å². The van der Waals surface area contributed by atoms with Gasteiger partial charge in [0.15, 0.2) is 5.15 Å². The van der Waals surface area contributed by atoms with Gasteiger partial charge in [-0.2, -0.15) is 0 Å². The van der Waals surface area contributed by atoms with E-state index in [4.69, 9.17) is 23.2 Å². The lowest BCUT2D eigenvalue weighted by Gasteiger charge is -2.03. The minimum Gasteiger partial charge on any atom is -0.285 e. The van der Waals surface area contributed by atoms with Gasteiger partial charge in [-0.3, -0.25) is 5.01 Å². The van der Waals surface area contributed by atoms with Gasteiger partial charge >= 0.3 is 0 Å². The molecule has 0 bridgehead atoms. The van der Waals surface area contributed by atoms with E-state index < -0.39 is 0 Å². The van der Waals surface area contributed by atoms with Crippen LogP contribution in [0.5, 0.6) is 0 Å². The van der Waals surface area contributed by atoms with Crippen LogP contribution in [-0.4, -0.2) is 24.1 Å². The predicted molar refractivity (Wildman–Crippen MR) is 57.2 cm³/mol. The number of nitrogens with zero attached hydrogens (tertiary/aromatic N) is 4. The molecule has 1 heterocycles. The van der Waals surface area contributed by atoms with Crippen molar-refractivity contribution in [3.05, 3.63) is 21.9 Å². The average molecular weight is 233 g/mol. The first-order valence-electron chi connectivity index (χ1n) is 3.92. The van der Waals surface area contributed by atoms with Crippen molar-refractivity contribution in [3.8, 4) is 0 Å². The van der Waals surface area contributed by atoms with E-state index in [-0.39, 0.29) is 5.15 Å². The van der Waals surface area contributed by atoms with E-state index in [1.54, 1.807) is 25.2 Å². The maximum Gasteiger partial charge on any atom is 0.158 e. The number of aryl methyl sites for hydroxylation is 1. The molecule has 0 aliphatic heterocycles. The van der Waals surface area contributed by atoms with Crippen LogP contribution < -0.4 is 0 Å². The Balaban J connectivity index is 3.04. The van der Waals surface area contributed by atoms with Crippen molar-refractivity contribution >= 4 is 28.9 Å². The van der Waals surface area contributed by atoms with Crippen molar-refractivity contribution in [2.45, 2.75) is 6.92 Å². The summed E-state index contributed by atoms with van der Waals surface area (Å²) in [7, 11) is 3.54. The molecule has 0 saturated carbocycles. The van der Waals surface area contributed by atoms with Gasteiger partial charge in [-0.25, -0.2) is 4.98 Å². The number of rotatable bonds is 2. The van der Waals surface area contributed by atoms with Crippen LogP contribution in [0.15, 0.2) is 16.4 Å². The van der Waals surface area contributed by atoms with Crippen LogP contribution in [0.4, 0.5) is 5.69 Å². The van der Waals surface area contributed by atoms with Gasteiger partial charge in [0.25, 0.3) is 0 Å². The summed E-state index contributed by atoms with van der Waals surface area (Å²) >= 11 is 11.6. The SMILES string of the molecule is Cc1cc(N=NN(C)C)c(Cl)nc1Cl. The van der Waals surface area contributed by atoms with E-state index in [2.05, 4.69) is 15.3 Å². The van der Waals surface area contributed by atoms with Gasteiger partial charge in [0.2, 0.25) is 0 Å². The summed E-state index contributed by atoms with van der Waals surface area (Å²) in [6, 6.07) is 1.74. The molecule has 14 heavy (non-hydrogen) atoms. The Morgan fingerprint density at radius 1 is 1.29 bits per heavy atom. The van der Waals surface area contributed by atoms with Gasteiger partial charge < -0.3 is 0 Å². The smallest absolute Gasteiger partial charge is 0.158 e. The Bertz CT molecular complexity index is 363. The Hall–Kier alpha value is -0.870. The maximum absolute atomic E-state index is 5.82. The third-order valence-corrected chi connectivity index (χ3v) is 2.08. The second-order valence-electron chi connectivity index (χ2n) is 2.94. The highest BCUT2D eigenvalue weighted by atomic mass is 35.5. The molecule has 1 rings (SSSR count). The fourth-order valence-corrected chi connectivity index (χ4v) is 1.12. The van der Waals surface area contributed by atoms with Crippen molar-refractivity contribution in [1.82, 2.24) is 9.99 Å².